The molecule has 178 valence electrons. The van der Waals surface area contributed by atoms with Crippen LogP contribution in [0.3, 0.4) is 0 Å². The van der Waals surface area contributed by atoms with Gasteiger partial charge in [-0.2, -0.15) is 5.10 Å². The minimum atomic E-state index is -0.585. The summed E-state index contributed by atoms with van der Waals surface area (Å²) in [5.41, 5.74) is 3.41. The molecular weight excluding hydrogens is 549 g/mol. The average molecular weight is 569 g/mol. The van der Waals surface area contributed by atoms with Crippen molar-refractivity contribution >= 4 is 62.7 Å². The Morgan fingerprint density at radius 2 is 1.82 bits per heavy atom. The molecule has 0 bridgehead atoms. The number of hydrogen-bond donors (Lipinski definition) is 2. The molecule has 2 heterocycles. The van der Waals surface area contributed by atoms with Gasteiger partial charge in [0.25, 0.3) is 11.8 Å². The highest BCUT2D eigenvalue weighted by Gasteiger charge is 2.24. The maximum Gasteiger partial charge on any atom is 0.335 e. The largest absolute Gasteiger partial charge is 0.335 e. The van der Waals surface area contributed by atoms with E-state index in [-0.39, 0.29) is 22.8 Å². The Kier molecular flexibility index (Phi) is 7.80. The summed E-state index contributed by atoms with van der Waals surface area (Å²) in [4.78, 5) is 43.8. The van der Waals surface area contributed by atoms with Gasteiger partial charge in [0.05, 0.1) is 16.3 Å². The third kappa shape index (κ3) is 5.49. The molecule has 2 aromatic heterocycles. The number of benzene rings is 1. The summed E-state index contributed by atoms with van der Waals surface area (Å²) in [6, 6.07) is 7.30. The summed E-state index contributed by atoms with van der Waals surface area (Å²) < 4.78 is 1.67. The van der Waals surface area contributed by atoms with E-state index >= 15 is 0 Å². The fourth-order valence-corrected chi connectivity index (χ4v) is 3.79. The predicted octanol–water partition coefficient (Wildman–Crippen LogP) is 4.16. The Hall–Kier alpha value is -3.15. The van der Waals surface area contributed by atoms with E-state index in [2.05, 4.69) is 36.8 Å². The van der Waals surface area contributed by atoms with Crippen LogP contribution < -0.4 is 10.7 Å². The van der Waals surface area contributed by atoms with Crippen LogP contribution in [-0.4, -0.2) is 63.7 Å². The van der Waals surface area contributed by atoms with Gasteiger partial charge >= 0.3 is 6.03 Å². The number of urea groups is 1. The van der Waals surface area contributed by atoms with Gasteiger partial charge in [-0.15, -0.1) is 0 Å². The molecule has 0 fully saturated rings. The second-order valence-corrected chi connectivity index (χ2v) is 9.00. The van der Waals surface area contributed by atoms with Crippen molar-refractivity contribution < 1.29 is 14.4 Å². The normalized spacial score (nSPS) is 10.6. The number of carbonyl (C=O) groups excluding carboxylic acids is 3. The third-order valence-corrected chi connectivity index (χ3v) is 5.50. The molecule has 0 aliphatic heterocycles. The summed E-state index contributed by atoms with van der Waals surface area (Å²) in [5.74, 6) is -0.895. The molecule has 34 heavy (non-hydrogen) atoms. The Morgan fingerprint density at radius 3 is 2.47 bits per heavy atom. The Balaban J connectivity index is 1.99. The van der Waals surface area contributed by atoms with Gasteiger partial charge in [-0.05, 0) is 52.7 Å². The van der Waals surface area contributed by atoms with Crippen molar-refractivity contribution in [2.24, 2.45) is 0 Å². The maximum atomic E-state index is 13.3. The van der Waals surface area contributed by atoms with Crippen molar-refractivity contribution in [3.63, 3.8) is 0 Å². The topological polar surface area (TPSA) is 112 Å². The van der Waals surface area contributed by atoms with Crippen LogP contribution in [0.4, 0.5) is 10.5 Å². The predicted molar refractivity (Wildman–Crippen MR) is 133 cm³/mol. The molecule has 0 aliphatic carbocycles. The van der Waals surface area contributed by atoms with Crippen LogP contribution >= 0.6 is 39.1 Å². The first kappa shape index (κ1) is 25.5. The van der Waals surface area contributed by atoms with Gasteiger partial charge in [-0.25, -0.2) is 19.9 Å². The third-order valence-electron chi connectivity index (χ3n) is 4.60. The number of pyridine rings is 1. The number of hydrogen-bond acceptors (Lipinski definition) is 5. The van der Waals surface area contributed by atoms with Gasteiger partial charge in [-0.1, -0.05) is 23.2 Å². The molecule has 0 saturated heterocycles. The fraction of sp³-hybridized carbons (Fsp3) is 0.190. The minimum Gasteiger partial charge on any atom is -0.330 e. The first-order chi connectivity index (χ1) is 16.0. The highest BCUT2D eigenvalue weighted by atomic mass is 79.9. The lowest BCUT2D eigenvalue weighted by molar-refractivity contribution is 0.0724. The number of carbonyl (C=O) groups is 3. The number of anilines is 1. The summed E-state index contributed by atoms with van der Waals surface area (Å²) in [5, 5.41) is 8.61. The second-order valence-electron chi connectivity index (χ2n) is 7.35. The second kappa shape index (κ2) is 10.4. The van der Waals surface area contributed by atoms with E-state index in [1.807, 2.05) is 0 Å². The van der Waals surface area contributed by atoms with Crippen molar-refractivity contribution in [2.75, 3.05) is 26.5 Å². The molecular formula is C21H20BrCl2N7O3. The number of halogens is 3. The lowest BCUT2D eigenvalue weighted by Gasteiger charge is -2.23. The standard InChI is InChI=1S/C21H20BrCl2N7O3/c1-11-8-12(23)9-13(20(33)30(4)28-21(34)29(2)3)17(11)26-19(32)15-10-16(22)27-31(15)18-14(24)6-5-7-25-18/h5-10H,1-4H3,(H,26,32)(H,28,34). The zero-order valence-electron chi connectivity index (χ0n) is 18.6. The molecule has 0 aliphatic rings. The van der Waals surface area contributed by atoms with Gasteiger partial charge in [-0.3, -0.25) is 14.6 Å². The van der Waals surface area contributed by atoms with Gasteiger partial charge < -0.3 is 10.2 Å². The molecule has 13 heteroatoms. The van der Waals surface area contributed by atoms with Gasteiger partial charge in [0, 0.05) is 38.4 Å². The fourth-order valence-electron chi connectivity index (χ4n) is 2.94. The molecule has 1 aromatic carbocycles. The number of aryl methyl sites for hydroxylation is 1. The molecule has 10 nitrogen and oxygen atoms in total. The van der Waals surface area contributed by atoms with Crippen LogP contribution in [0.2, 0.25) is 10.0 Å². The van der Waals surface area contributed by atoms with E-state index in [0.717, 1.165) is 5.01 Å². The SMILES string of the molecule is Cc1cc(Cl)cc(C(=O)N(C)NC(=O)N(C)C)c1NC(=O)c1cc(Br)nn1-c1ncccc1Cl. The zero-order valence-corrected chi connectivity index (χ0v) is 21.7. The molecule has 0 atom stereocenters. The van der Waals surface area contributed by atoms with Crippen LogP contribution in [0.5, 0.6) is 0 Å². The lowest BCUT2D eigenvalue weighted by atomic mass is 10.1. The van der Waals surface area contributed by atoms with E-state index in [4.69, 9.17) is 23.2 Å². The van der Waals surface area contributed by atoms with Crippen molar-refractivity contribution in [1.82, 2.24) is 30.1 Å². The highest BCUT2D eigenvalue weighted by Crippen LogP contribution is 2.28. The van der Waals surface area contributed by atoms with E-state index in [0.29, 0.717) is 20.2 Å². The van der Waals surface area contributed by atoms with Crippen LogP contribution in [-0.2, 0) is 0 Å². The number of amides is 4. The highest BCUT2D eigenvalue weighted by molar-refractivity contribution is 9.10. The van der Waals surface area contributed by atoms with E-state index in [1.54, 1.807) is 25.1 Å². The summed E-state index contributed by atoms with van der Waals surface area (Å²) in [6.07, 6.45) is 1.52. The Bertz CT molecular complexity index is 1280. The summed E-state index contributed by atoms with van der Waals surface area (Å²) in [7, 11) is 4.47. The monoisotopic (exact) mass is 567 g/mol. The molecule has 0 saturated carbocycles. The molecule has 0 radical (unpaired) electrons. The zero-order chi connectivity index (χ0) is 25.2. The molecule has 3 aromatic rings. The van der Waals surface area contributed by atoms with Gasteiger partial charge in [0.2, 0.25) is 0 Å². The maximum absolute atomic E-state index is 13.3. The lowest BCUT2D eigenvalue weighted by Crippen LogP contribution is -2.47. The number of aromatic nitrogens is 3. The quantitative estimate of drug-likeness (QED) is 0.459. The van der Waals surface area contributed by atoms with Gasteiger partial charge in [0.15, 0.2) is 5.82 Å². The molecule has 0 spiro atoms. The average Bonchev–Trinajstić information content (AvgIpc) is 3.16. The van der Waals surface area contributed by atoms with Crippen molar-refractivity contribution in [2.45, 2.75) is 6.92 Å². The molecule has 4 amide bonds. The number of rotatable bonds is 4. The van der Waals surface area contributed by atoms with Crippen LogP contribution in [0.25, 0.3) is 5.82 Å². The summed E-state index contributed by atoms with van der Waals surface area (Å²) >= 11 is 15.7. The minimum absolute atomic E-state index is 0.0842. The van der Waals surface area contributed by atoms with Gasteiger partial charge in [0.1, 0.15) is 10.3 Å². The van der Waals surface area contributed by atoms with E-state index < -0.39 is 17.8 Å². The first-order valence-electron chi connectivity index (χ1n) is 9.73. The van der Waals surface area contributed by atoms with Crippen LogP contribution in [0.1, 0.15) is 26.4 Å². The van der Waals surface area contributed by atoms with Crippen LogP contribution in [0, 0.1) is 6.92 Å². The number of nitrogens with zero attached hydrogens (tertiary/aromatic N) is 5. The number of nitrogens with one attached hydrogen (secondary N) is 2. The smallest absolute Gasteiger partial charge is 0.330 e. The first-order valence-corrected chi connectivity index (χ1v) is 11.3. The number of hydrazine groups is 1. The van der Waals surface area contributed by atoms with Crippen molar-refractivity contribution in [3.05, 3.63) is 68.0 Å². The van der Waals surface area contributed by atoms with E-state index in [9.17, 15) is 14.4 Å². The van der Waals surface area contributed by atoms with Crippen LogP contribution in [0.15, 0.2) is 41.1 Å². The van der Waals surface area contributed by atoms with Crippen molar-refractivity contribution in [3.8, 4) is 5.82 Å². The Labute approximate surface area is 213 Å². The summed E-state index contributed by atoms with van der Waals surface area (Å²) in [6.45, 7) is 1.69. The molecule has 3 rings (SSSR count). The van der Waals surface area contributed by atoms with Crippen molar-refractivity contribution in [1.29, 1.82) is 0 Å². The Morgan fingerprint density at radius 1 is 1.12 bits per heavy atom. The van der Waals surface area contributed by atoms with E-state index in [1.165, 1.54) is 49.1 Å². The molecule has 2 N–H and O–H groups in total. The molecule has 0 unspecified atom stereocenters.